The number of fused-ring (bicyclic) bond motifs is 7. The monoisotopic (exact) mass is 1270 g/mol. The highest BCUT2D eigenvalue weighted by Gasteiger charge is 2.66. The molecule has 2 saturated heterocycles. The Morgan fingerprint density at radius 2 is 1.52 bits per heavy atom. The second kappa shape index (κ2) is 26.7. The lowest BCUT2D eigenvalue weighted by Crippen LogP contribution is -2.59. The van der Waals surface area contributed by atoms with Crippen molar-refractivity contribution in [3.8, 4) is 0 Å². The molecule has 15 atom stereocenters. The van der Waals surface area contributed by atoms with Crippen LogP contribution in [0.15, 0.2) is 67.8 Å². The van der Waals surface area contributed by atoms with Gasteiger partial charge in [0, 0.05) is 131 Å². The number of imidazole rings is 1. The number of carbonyl (C=O) groups excluding carboxylic acids is 7. The van der Waals surface area contributed by atoms with Gasteiger partial charge in [-0.25, -0.2) is 9.55 Å². The van der Waals surface area contributed by atoms with Gasteiger partial charge in [-0.1, -0.05) is 34.6 Å². The molecule has 0 aliphatic carbocycles. The molecule has 1 aromatic heterocycles. The summed E-state index contributed by atoms with van der Waals surface area (Å²) in [5, 5.41) is 37.0. The number of aliphatic hydroxyl groups is 2. The zero-order valence-electron chi connectivity index (χ0n) is 53.3. The number of rotatable bonds is 29. The first-order valence-corrected chi connectivity index (χ1v) is 32.2. The van der Waals surface area contributed by atoms with E-state index >= 15 is 0 Å². The Morgan fingerprint density at radius 3 is 2.16 bits per heavy atom. The summed E-state index contributed by atoms with van der Waals surface area (Å²) in [6, 6.07) is 2.91. The standard InChI is InChI=1S/C62H90N13O14P/c1-32-20-42-43(21-33(32)2)75(28-70-42)57-52(84)53(44(26-76)87-57)89-90(85,86)88-34(3)24-69-49(83)16-18-59(8)40(25-67-30-78)56-62(11)61(10,27-68-31-79)39(17-19-66-29-77)51(74-62)36(5)55-60(9,23-48(65)82)37(12-14-46(63)80)41(71-55)22-45-58(6,7)38(13-15-47(64)81)50(72-45)35(4)54(59)73-56/h20-22,28-31,34,37-40,44,52-53,56-57,71,76,84H,12-19,23-27H2,1-11H3,(H2,63,80)(H2,64,81)(H2,65,82)(H,66,77)(H,67,78)(H,68,79)(H,69,83)(H,85,86)/t34-,37-,38-,39-,40+,44-,52-,53-,56-,57+,59-,60+,61+,62+/m1/s1. The number of aliphatic imine (C=N–C) groups is 3. The molecule has 2 fully saturated rings. The number of nitrogens with zero attached hydrogens (tertiary/aromatic N) is 5. The number of hydrogen-bond donors (Lipinski definition) is 11. The molecule has 8 bridgehead atoms. The molecule has 28 heteroatoms. The van der Waals surface area contributed by atoms with Crippen LogP contribution in [0.1, 0.15) is 131 Å². The number of allylic oxidation sites excluding steroid dienone is 6. The highest BCUT2D eigenvalue weighted by Crippen LogP contribution is 2.61. The molecule has 90 heavy (non-hydrogen) atoms. The van der Waals surface area contributed by atoms with Crippen molar-refractivity contribution in [2.45, 2.75) is 170 Å². The summed E-state index contributed by atoms with van der Waals surface area (Å²) in [5.74, 6) is -4.40. The number of nitrogens with one attached hydrogen (secondary N) is 5. The maximum Gasteiger partial charge on any atom is 0.472 e. The van der Waals surface area contributed by atoms with Crippen LogP contribution in [0.4, 0.5) is 0 Å². The number of amides is 7. The lowest BCUT2D eigenvalue weighted by molar-refractivity contribution is -0.122. The van der Waals surface area contributed by atoms with Crippen LogP contribution in [0.2, 0.25) is 0 Å². The van der Waals surface area contributed by atoms with Gasteiger partial charge in [-0.3, -0.25) is 57.6 Å². The number of phosphoric ester groups is 1. The summed E-state index contributed by atoms with van der Waals surface area (Å²) in [6.45, 7) is 20.2. The maximum atomic E-state index is 14.4. The second-order valence-corrected chi connectivity index (χ2v) is 28.0. The summed E-state index contributed by atoms with van der Waals surface area (Å²) in [4.78, 5) is 123. The molecule has 6 aliphatic rings. The average molecular weight is 1270 g/mol. The molecule has 0 saturated carbocycles. The van der Waals surface area contributed by atoms with Gasteiger partial charge in [0.15, 0.2) is 6.23 Å². The molecule has 2 aromatic rings. The van der Waals surface area contributed by atoms with Crippen LogP contribution in [0.25, 0.3) is 11.0 Å². The van der Waals surface area contributed by atoms with Crippen LogP contribution in [0, 0.1) is 59.2 Å². The minimum Gasteiger partial charge on any atom is -0.394 e. The smallest absolute Gasteiger partial charge is 0.394 e. The summed E-state index contributed by atoms with van der Waals surface area (Å²) >= 11 is 0. The van der Waals surface area contributed by atoms with Crippen molar-refractivity contribution >= 4 is 78.9 Å². The number of hydrogen-bond acceptors (Lipinski definition) is 18. The molecule has 0 radical (unpaired) electrons. The first-order valence-electron chi connectivity index (χ1n) is 30.7. The summed E-state index contributed by atoms with van der Waals surface area (Å²) in [6.07, 6.45) is -0.931. The van der Waals surface area contributed by atoms with Crippen molar-refractivity contribution in [2.24, 2.45) is 77.5 Å². The van der Waals surface area contributed by atoms with Gasteiger partial charge in [0.1, 0.15) is 18.3 Å². The zero-order valence-corrected chi connectivity index (χ0v) is 54.1. The number of nitrogens with two attached hydrogens (primary N) is 3. The zero-order chi connectivity index (χ0) is 66.2. The number of aliphatic hydroxyl groups excluding tert-OH is 2. The lowest BCUT2D eigenvalue weighted by Gasteiger charge is -2.48. The van der Waals surface area contributed by atoms with Crippen LogP contribution < -0.4 is 43.8 Å². The van der Waals surface area contributed by atoms with Gasteiger partial charge in [-0.05, 0) is 108 Å². The fourth-order valence-electron chi connectivity index (χ4n) is 15.3. The Kier molecular flexibility index (Phi) is 20.4. The Labute approximate surface area is 524 Å². The molecule has 8 rings (SSSR count). The fourth-order valence-corrected chi connectivity index (χ4v) is 16.4. The molecule has 27 nitrogen and oxygen atoms in total. The van der Waals surface area contributed by atoms with E-state index in [9.17, 15) is 53.2 Å². The van der Waals surface area contributed by atoms with Gasteiger partial charge in [0.2, 0.25) is 42.9 Å². The Morgan fingerprint density at radius 1 is 0.867 bits per heavy atom. The summed E-state index contributed by atoms with van der Waals surface area (Å²) in [7, 11) is -5.04. The topological polar surface area (TPSA) is 418 Å². The number of aryl methyl sites for hydroxylation is 2. The molecule has 1 unspecified atom stereocenters. The van der Waals surface area contributed by atoms with Crippen LogP contribution in [0.3, 0.4) is 0 Å². The van der Waals surface area contributed by atoms with E-state index in [0.29, 0.717) is 82.1 Å². The third-order valence-corrected chi connectivity index (χ3v) is 21.7. The van der Waals surface area contributed by atoms with Crippen molar-refractivity contribution in [2.75, 3.05) is 32.8 Å². The fraction of sp³-hybridized carbons (Fsp3) is 0.629. The predicted molar refractivity (Wildman–Crippen MR) is 334 cm³/mol. The molecule has 7 heterocycles. The van der Waals surface area contributed by atoms with Gasteiger partial charge >= 0.3 is 7.82 Å². The average Bonchev–Trinajstić information content (AvgIpc) is 1.53. The van der Waals surface area contributed by atoms with E-state index in [2.05, 4.69) is 31.6 Å². The van der Waals surface area contributed by atoms with Gasteiger partial charge in [0.05, 0.1) is 41.7 Å². The normalized spacial score (nSPS) is 31.9. The number of phosphoric acid groups is 1. The number of benzene rings is 1. The van der Waals surface area contributed by atoms with Crippen LogP contribution >= 0.6 is 7.82 Å². The van der Waals surface area contributed by atoms with Crippen molar-refractivity contribution in [1.29, 1.82) is 0 Å². The maximum absolute atomic E-state index is 14.4. The Balaban J connectivity index is 1.19. The highest BCUT2D eigenvalue weighted by atomic mass is 31.2. The molecule has 492 valence electrons. The van der Waals surface area contributed by atoms with E-state index < -0.39 is 126 Å². The summed E-state index contributed by atoms with van der Waals surface area (Å²) in [5.41, 5.74) is 20.5. The van der Waals surface area contributed by atoms with Crippen molar-refractivity contribution in [1.82, 2.24) is 36.1 Å². The Bertz CT molecular complexity index is 3430. The largest absolute Gasteiger partial charge is 0.472 e. The molecule has 7 amide bonds. The van der Waals surface area contributed by atoms with Crippen molar-refractivity contribution in [3.05, 3.63) is 63.9 Å². The molecule has 14 N–H and O–H groups in total. The molecular weight excluding hydrogens is 1180 g/mol. The van der Waals surface area contributed by atoms with E-state index in [1.54, 1.807) is 4.57 Å². The van der Waals surface area contributed by atoms with Gasteiger partial charge < -0.3 is 68.2 Å². The third kappa shape index (κ3) is 13.0. The summed E-state index contributed by atoms with van der Waals surface area (Å²) < 4.78 is 32.3. The first kappa shape index (κ1) is 68.9. The van der Waals surface area contributed by atoms with E-state index in [-0.39, 0.29) is 71.1 Å². The van der Waals surface area contributed by atoms with Crippen LogP contribution in [0.5, 0.6) is 0 Å². The third-order valence-electron chi connectivity index (χ3n) is 20.6. The number of carbonyl (C=O) groups is 7. The van der Waals surface area contributed by atoms with Gasteiger partial charge in [-0.15, -0.1) is 0 Å². The van der Waals surface area contributed by atoms with Crippen LogP contribution in [-0.4, -0.2) is 153 Å². The minimum atomic E-state index is -5.04. The number of primary amides is 3. The van der Waals surface area contributed by atoms with Crippen molar-refractivity contribution < 1.29 is 67.0 Å². The molecule has 6 aliphatic heterocycles. The quantitative estimate of drug-likeness (QED) is 0.0317. The first-order chi connectivity index (χ1) is 42.3. The van der Waals surface area contributed by atoms with E-state index in [1.165, 1.54) is 13.3 Å². The Hall–Kier alpha value is -7.00. The van der Waals surface area contributed by atoms with Gasteiger partial charge in [-0.2, -0.15) is 0 Å². The SMILES string of the molecule is CC1=C2N=C(C=C3NC(=C(C)C4=N[C@@](C)([C@@H]5N=C1[C@](C)(CCC(=O)NC[C@@H](C)OP(=O)(O)O[C@H]1[C@@H](O)[C@@H](n6cnc7cc(C)c(C)cc76)O[C@@H]1CO)[C@H]5CNC=O)[C@@](C)(CNC=O)[C@@H]4CCNC=O)[C@@](C)(CC(N)=O)[C@@H]3CCC(N)=O)C(C)(C)[C@@H]2CCC(N)=O. The number of aromatic nitrogens is 2. The molecule has 0 spiro atoms. The predicted octanol–water partition coefficient (Wildman–Crippen LogP) is 2.78. The lowest BCUT2D eigenvalue weighted by atomic mass is 9.57. The highest BCUT2D eigenvalue weighted by molar-refractivity contribution is 7.47. The molecular formula is C62H90N13O14P. The van der Waals surface area contributed by atoms with Crippen LogP contribution in [-0.2, 0) is 51.9 Å². The van der Waals surface area contributed by atoms with E-state index in [0.717, 1.165) is 11.1 Å². The minimum absolute atomic E-state index is 0.00697. The second-order valence-electron chi connectivity index (χ2n) is 26.6. The van der Waals surface area contributed by atoms with Gasteiger partial charge in [0.25, 0.3) is 0 Å². The van der Waals surface area contributed by atoms with E-state index in [4.69, 9.17) is 46.0 Å². The van der Waals surface area contributed by atoms with Crippen molar-refractivity contribution in [3.63, 3.8) is 0 Å². The van der Waals surface area contributed by atoms with E-state index in [1.807, 2.05) is 87.4 Å². The molecule has 1 aromatic carbocycles. The number of ether oxygens (including phenoxy) is 1.